The molecule has 4 nitrogen and oxygen atoms in total. The maximum atomic E-state index is 10.7. The molecule has 1 heterocycles. The van der Waals surface area contributed by atoms with Gasteiger partial charge in [-0.2, -0.15) is 11.8 Å². The lowest BCUT2D eigenvalue weighted by Crippen LogP contribution is -2.43. The lowest BCUT2D eigenvalue weighted by Gasteiger charge is -2.35. The van der Waals surface area contributed by atoms with Gasteiger partial charge in [-0.25, -0.2) is 0 Å². The van der Waals surface area contributed by atoms with Crippen LogP contribution in [0.2, 0.25) is 0 Å². The molecule has 5 heteroatoms. The van der Waals surface area contributed by atoms with Crippen molar-refractivity contribution in [1.29, 1.82) is 0 Å². The summed E-state index contributed by atoms with van der Waals surface area (Å²) in [7, 11) is 5.30. The summed E-state index contributed by atoms with van der Waals surface area (Å²) >= 11 is 1.88. The predicted molar refractivity (Wildman–Crippen MR) is 78.2 cm³/mol. The zero-order valence-corrected chi connectivity index (χ0v) is 12.4. The van der Waals surface area contributed by atoms with E-state index < -0.39 is 6.10 Å². The van der Waals surface area contributed by atoms with Crippen LogP contribution in [0.1, 0.15) is 11.7 Å². The maximum absolute atomic E-state index is 10.7. The first-order chi connectivity index (χ1) is 9.17. The molecule has 0 saturated carbocycles. The molecule has 0 aliphatic carbocycles. The van der Waals surface area contributed by atoms with Gasteiger partial charge in [0.25, 0.3) is 0 Å². The summed E-state index contributed by atoms with van der Waals surface area (Å²) in [5.74, 6) is 3.49. The number of nitrogens with zero attached hydrogens (tertiary/aromatic N) is 1. The summed E-state index contributed by atoms with van der Waals surface area (Å²) in [6.45, 7) is 0.999. The minimum absolute atomic E-state index is 0.111. The van der Waals surface area contributed by atoms with E-state index in [2.05, 4.69) is 11.9 Å². The molecule has 1 aromatic carbocycles. The van der Waals surface area contributed by atoms with Crippen LogP contribution in [0.25, 0.3) is 0 Å². The van der Waals surface area contributed by atoms with Crippen LogP contribution in [0.5, 0.6) is 11.5 Å². The highest BCUT2D eigenvalue weighted by Crippen LogP contribution is 2.34. The second-order valence-electron chi connectivity index (χ2n) is 4.68. The molecule has 1 aliphatic rings. The highest BCUT2D eigenvalue weighted by molar-refractivity contribution is 7.99. The number of hydrogen-bond donors (Lipinski definition) is 1. The first-order valence-corrected chi connectivity index (χ1v) is 7.50. The number of thioether (sulfide) groups is 1. The summed E-state index contributed by atoms with van der Waals surface area (Å²) in [6.07, 6.45) is -0.567. The Hall–Kier alpha value is -0.910. The maximum Gasteiger partial charge on any atom is 0.124 e. The number of likely N-dealkylation sites (N-methyl/N-ethyl adjacent to an activating group) is 1. The average molecular weight is 283 g/mol. The Balaban J connectivity index is 2.27. The van der Waals surface area contributed by atoms with E-state index in [9.17, 15) is 5.11 Å². The summed E-state index contributed by atoms with van der Waals surface area (Å²) in [5, 5.41) is 10.7. The molecule has 106 valence electrons. The van der Waals surface area contributed by atoms with Crippen molar-refractivity contribution < 1.29 is 14.6 Å². The Kier molecular flexibility index (Phi) is 4.96. The molecular formula is C14H21NO3S. The molecule has 1 aliphatic heterocycles. The predicted octanol–water partition coefficient (Wildman–Crippen LogP) is 1.78. The number of ether oxygens (including phenoxy) is 2. The molecule has 0 aromatic heterocycles. The Morgan fingerprint density at radius 2 is 2.16 bits per heavy atom. The van der Waals surface area contributed by atoms with E-state index in [4.69, 9.17) is 9.47 Å². The fourth-order valence-electron chi connectivity index (χ4n) is 2.32. The van der Waals surface area contributed by atoms with Crippen molar-refractivity contribution in [3.05, 3.63) is 23.8 Å². The van der Waals surface area contributed by atoms with Crippen molar-refractivity contribution in [2.75, 3.05) is 39.3 Å². The second-order valence-corrected chi connectivity index (χ2v) is 5.83. The van der Waals surface area contributed by atoms with Gasteiger partial charge in [-0.05, 0) is 25.2 Å². The van der Waals surface area contributed by atoms with E-state index in [1.165, 1.54) is 0 Å². The van der Waals surface area contributed by atoms with E-state index in [0.717, 1.165) is 29.4 Å². The van der Waals surface area contributed by atoms with Crippen LogP contribution in [-0.4, -0.2) is 55.4 Å². The Labute approximate surface area is 118 Å². The molecule has 0 amide bonds. The summed E-state index contributed by atoms with van der Waals surface area (Å²) < 4.78 is 10.6. The van der Waals surface area contributed by atoms with Crippen molar-refractivity contribution in [1.82, 2.24) is 4.90 Å². The number of rotatable bonds is 4. The molecule has 1 saturated heterocycles. The van der Waals surface area contributed by atoms with Gasteiger partial charge < -0.3 is 14.6 Å². The van der Waals surface area contributed by atoms with Gasteiger partial charge in [0.2, 0.25) is 0 Å². The van der Waals surface area contributed by atoms with E-state index in [-0.39, 0.29) is 6.04 Å². The van der Waals surface area contributed by atoms with Crippen LogP contribution in [0.3, 0.4) is 0 Å². The highest BCUT2D eigenvalue weighted by atomic mass is 32.2. The fourth-order valence-corrected chi connectivity index (χ4v) is 3.58. The number of aliphatic hydroxyl groups excluding tert-OH is 1. The molecule has 0 radical (unpaired) electrons. The number of methoxy groups -OCH3 is 2. The molecule has 2 atom stereocenters. The van der Waals surface area contributed by atoms with Gasteiger partial charge in [0.05, 0.1) is 20.3 Å². The summed E-state index contributed by atoms with van der Waals surface area (Å²) in [6, 6.07) is 5.65. The third-order valence-electron chi connectivity index (χ3n) is 3.56. The molecule has 2 rings (SSSR count). The summed E-state index contributed by atoms with van der Waals surface area (Å²) in [4.78, 5) is 2.21. The first-order valence-electron chi connectivity index (χ1n) is 6.35. The largest absolute Gasteiger partial charge is 0.497 e. The highest BCUT2D eigenvalue weighted by Gasteiger charge is 2.29. The average Bonchev–Trinajstić information content (AvgIpc) is 2.46. The minimum atomic E-state index is -0.567. The Bertz CT molecular complexity index is 427. The van der Waals surface area contributed by atoms with Gasteiger partial charge in [-0.3, -0.25) is 4.90 Å². The van der Waals surface area contributed by atoms with Gasteiger partial charge >= 0.3 is 0 Å². The third kappa shape index (κ3) is 3.16. The Morgan fingerprint density at radius 1 is 1.37 bits per heavy atom. The number of aliphatic hydroxyl groups is 1. The van der Waals surface area contributed by atoms with Crippen molar-refractivity contribution >= 4 is 11.8 Å². The van der Waals surface area contributed by atoms with E-state index >= 15 is 0 Å². The van der Waals surface area contributed by atoms with Crippen LogP contribution in [0.15, 0.2) is 18.2 Å². The van der Waals surface area contributed by atoms with Crippen LogP contribution in [-0.2, 0) is 0 Å². The zero-order valence-electron chi connectivity index (χ0n) is 11.6. The monoisotopic (exact) mass is 283 g/mol. The van der Waals surface area contributed by atoms with Crippen molar-refractivity contribution in [3.63, 3.8) is 0 Å². The normalized spacial score (nSPS) is 22.0. The van der Waals surface area contributed by atoms with Crippen molar-refractivity contribution in [2.24, 2.45) is 0 Å². The second kappa shape index (κ2) is 6.50. The van der Waals surface area contributed by atoms with E-state index in [1.54, 1.807) is 14.2 Å². The molecule has 1 N–H and O–H groups in total. The van der Waals surface area contributed by atoms with Crippen LogP contribution >= 0.6 is 11.8 Å². The molecule has 19 heavy (non-hydrogen) atoms. The van der Waals surface area contributed by atoms with Crippen LogP contribution in [0.4, 0.5) is 0 Å². The van der Waals surface area contributed by atoms with Gasteiger partial charge in [-0.15, -0.1) is 0 Å². The van der Waals surface area contributed by atoms with Crippen molar-refractivity contribution in [3.8, 4) is 11.5 Å². The first kappa shape index (κ1) is 14.5. The van der Waals surface area contributed by atoms with Crippen LogP contribution in [0, 0.1) is 0 Å². The van der Waals surface area contributed by atoms with Gasteiger partial charge in [0.1, 0.15) is 11.5 Å². The summed E-state index contributed by atoms with van der Waals surface area (Å²) in [5.41, 5.74) is 0.793. The molecule has 2 unspecified atom stereocenters. The zero-order chi connectivity index (χ0) is 13.8. The van der Waals surface area contributed by atoms with Crippen molar-refractivity contribution in [2.45, 2.75) is 12.1 Å². The molecule has 0 bridgehead atoms. The smallest absolute Gasteiger partial charge is 0.124 e. The minimum Gasteiger partial charge on any atom is -0.497 e. The fraction of sp³-hybridized carbons (Fsp3) is 0.571. The standard InChI is InChI=1S/C14H21NO3S/c1-15-6-7-19-9-12(15)14(16)11-8-10(17-2)4-5-13(11)18-3/h4-5,8,12,14,16H,6-7,9H2,1-3H3. The number of hydrogen-bond acceptors (Lipinski definition) is 5. The Morgan fingerprint density at radius 3 is 2.79 bits per heavy atom. The van der Waals surface area contributed by atoms with Gasteiger partial charge in [0.15, 0.2) is 0 Å². The topological polar surface area (TPSA) is 41.9 Å². The molecule has 1 aromatic rings. The van der Waals surface area contributed by atoms with Crippen LogP contribution < -0.4 is 9.47 Å². The van der Waals surface area contributed by atoms with E-state index in [1.807, 2.05) is 30.0 Å². The molecular weight excluding hydrogens is 262 g/mol. The van der Waals surface area contributed by atoms with Gasteiger partial charge in [-0.1, -0.05) is 0 Å². The number of benzene rings is 1. The molecule has 1 fully saturated rings. The van der Waals surface area contributed by atoms with E-state index in [0.29, 0.717) is 5.75 Å². The lowest BCUT2D eigenvalue weighted by molar-refractivity contribution is 0.0737. The van der Waals surface area contributed by atoms with Gasteiger partial charge in [0, 0.05) is 29.7 Å². The lowest BCUT2D eigenvalue weighted by atomic mass is 10.0. The third-order valence-corrected chi connectivity index (χ3v) is 4.61. The SMILES string of the molecule is COc1ccc(OC)c(C(O)C2CSCCN2C)c1. The molecule has 0 spiro atoms. The quantitative estimate of drug-likeness (QED) is 0.912.